The molecule has 4 nitrogen and oxygen atoms in total. The second kappa shape index (κ2) is 5.03. The number of nitrogens with zero attached hydrogens (tertiary/aromatic N) is 2. The van der Waals surface area contributed by atoms with Gasteiger partial charge in [0.05, 0.1) is 4.47 Å². The van der Waals surface area contributed by atoms with Gasteiger partial charge in [-0.1, -0.05) is 0 Å². The fourth-order valence-electron chi connectivity index (χ4n) is 0.873. The Hall–Kier alpha value is -0.490. The van der Waals surface area contributed by atoms with Gasteiger partial charge in [-0.2, -0.15) is 16.7 Å². The molecule has 6 heteroatoms. The Morgan fingerprint density at radius 3 is 2.87 bits per heavy atom. The lowest BCUT2D eigenvalue weighted by atomic mass is 10.2. The molecule has 0 saturated heterocycles. The SMILES string of the molecule is CSC(C)(C)CNc1nc(N)ncc1Br. The first-order valence-electron chi connectivity index (χ1n) is 4.51. The van der Waals surface area contributed by atoms with E-state index in [2.05, 4.69) is 51.3 Å². The number of aromatic nitrogens is 2. The summed E-state index contributed by atoms with van der Waals surface area (Å²) >= 11 is 5.17. The first-order chi connectivity index (χ1) is 6.94. The van der Waals surface area contributed by atoms with Crippen molar-refractivity contribution >= 4 is 39.5 Å². The number of anilines is 2. The highest BCUT2D eigenvalue weighted by molar-refractivity contribution is 9.10. The number of halogens is 1. The van der Waals surface area contributed by atoms with Crippen LogP contribution in [0.5, 0.6) is 0 Å². The molecule has 84 valence electrons. The van der Waals surface area contributed by atoms with Crippen molar-refractivity contribution in [3.63, 3.8) is 0 Å². The van der Waals surface area contributed by atoms with Crippen molar-refractivity contribution in [2.45, 2.75) is 18.6 Å². The van der Waals surface area contributed by atoms with Crippen molar-refractivity contribution in [2.75, 3.05) is 23.9 Å². The number of nitrogen functional groups attached to an aromatic ring is 1. The minimum Gasteiger partial charge on any atom is -0.368 e. The summed E-state index contributed by atoms with van der Waals surface area (Å²) in [6.07, 6.45) is 3.74. The third kappa shape index (κ3) is 3.87. The molecule has 1 heterocycles. The standard InChI is InChI=1S/C9H15BrN4S/c1-9(2,15-3)5-13-7-6(10)4-12-8(11)14-7/h4H,5H2,1-3H3,(H3,11,12,13,14). The Balaban J connectivity index is 2.69. The molecule has 0 spiro atoms. The summed E-state index contributed by atoms with van der Waals surface area (Å²) in [6, 6.07) is 0. The molecule has 3 N–H and O–H groups in total. The predicted molar refractivity (Wildman–Crippen MR) is 70.2 cm³/mol. The minimum absolute atomic E-state index is 0.166. The zero-order valence-electron chi connectivity index (χ0n) is 9.04. The number of nitrogens with two attached hydrogens (primary N) is 1. The molecule has 0 amide bonds. The Morgan fingerprint density at radius 1 is 1.60 bits per heavy atom. The zero-order chi connectivity index (χ0) is 11.5. The third-order valence-electron chi connectivity index (χ3n) is 2.00. The summed E-state index contributed by atoms with van der Waals surface area (Å²) in [6.45, 7) is 5.16. The largest absolute Gasteiger partial charge is 0.368 e. The van der Waals surface area contributed by atoms with Gasteiger partial charge in [0.2, 0.25) is 5.95 Å². The maximum absolute atomic E-state index is 5.51. The van der Waals surface area contributed by atoms with Crippen LogP contribution in [0.1, 0.15) is 13.8 Å². The van der Waals surface area contributed by atoms with E-state index in [0.29, 0.717) is 0 Å². The summed E-state index contributed by atoms with van der Waals surface area (Å²) in [5.74, 6) is 1.02. The van der Waals surface area contributed by atoms with Crippen LogP contribution in [0.4, 0.5) is 11.8 Å². The topological polar surface area (TPSA) is 63.8 Å². The smallest absolute Gasteiger partial charge is 0.221 e. The van der Waals surface area contributed by atoms with Crippen LogP contribution < -0.4 is 11.1 Å². The van der Waals surface area contributed by atoms with Crippen molar-refractivity contribution in [3.8, 4) is 0 Å². The molecule has 0 aliphatic carbocycles. The number of hydrogen-bond acceptors (Lipinski definition) is 5. The fraction of sp³-hybridized carbons (Fsp3) is 0.556. The van der Waals surface area contributed by atoms with Crippen molar-refractivity contribution in [3.05, 3.63) is 10.7 Å². The molecule has 1 aromatic rings. The maximum Gasteiger partial charge on any atom is 0.221 e. The van der Waals surface area contributed by atoms with Crippen LogP contribution >= 0.6 is 27.7 Å². The molecule has 0 bridgehead atoms. The fourth-order valence-corrected chi connectivity index (χ4v) is 1.42. The van der Waals surface area contributed by atoms with Gasteiger partial charge in [-0.3, -0.25) is 0 Å². The molecule has 0 aliphatic rings. The quantitative estimate of drug-likeness (QED) is 0.891. The average Bonchev–Trinajstić information content (AvgIpc) is 2.20. The summed E-state index contributed by atoms with van der Waals surface area (Å²) in [7, 11) is 0. The van der Waals surface area contributed by atoms with Gasteiger partial charge in [-0.25, -0.2) is 4.98 Å². The van der Waals surface area contributed by atoms with Crippen LogP contribution in [0.3, 0.4) is 0 Å². The van der Waals surface area contributed by atoms with E-state index in [0.717, 1.165) is 16.8 Å². The summed E-state index contributed by atoms with van der Waals surface area (Å²) in [5.41, 5.74) is 5.51. The van der Waals surface area contributed by atoms with E-state index >= 15 is 0 Å². The van der Waals surface area contributed by atoms with E-state index in [9.17, 15) is 0 Å². The van der Waals surface area contributed by atoms with E-state index in [4.69, 9.17) is 5.73 Å². The molecule has 15 heavy (non-hydrogen) atoms. The van der Waals surface area contributed by atoms with Crippen molar-refractivity contribution in [1.29, 1.82) is 0 Å². The van der Waals surface area contributed by atoms with Crippen LogP contribution in [0.25, 0.3) is 0 Å². The van der Waals surface area contributed by atoms with Crippen molar-refractivity contribution < 1.29 is 0 Å². The minimum atomic E-state index is 0.166. The Kier molecular flexibility index (Phi) is 4.21. The monoisotopic (exact) mass is 290 g/mol. The molecule has 1 rings (SSSR count). The van der Waals surface area contributed by atoms with Gasteiger partial charge in [-0.15, -0.1) is 0 Å². The van der Waals surface area contributed by atoms with Gasteiger partial charge in [0.25, 0.3) is 0 Å². The highest BCUT2D eigenvalue weighted by Crippen LogP contribution is 2.24. The second-order valence-electron chi connectivity index (χ2n) is 3.74. The summed E-state index contributed by atoms with van der Waals surface area (Å²) < 4.78 is 0.993. The molecular weight excluding hydrogens is 276 g/mol. The first-order valence-corrected chi connectivity index (χ1v) is 6.53. The molecule has 0 fully saturated rings. The molecule has 1 aromatic heterocycles. The van der Waals surface area contributed by atoms with E-state index in [1.54, 1.807) is 18.0 Å². The van der Waals surface area contributed by atoms with Crippen LogP contribution in [-0.2, 0) is 0 Å². The van der Waals surface area contributed by atoms with Gasteiger partial charge in [0.1, 0.15) is 5.82 Å². The molecule has 0 atom stereocenters. The van der Waals surface area contributed by atoms with E-state index in [1.165, 1.54) is 0 Å². The van der Waals surface area contributed by atoms with E-state index in [1.807, 2.05) is 0 Å². The highest BCUT2D eigenvalue weighted by Gasteiger charge is 2.16. The van der Waals surface area contributed by atoms with Gasteiger partial charge in [-0.05, 0) is 36.0 Å². The second-order valence-corrected chi connectivity index (χ2v) is 6.11. The molecule has 0 unspecified atom stereocenters. The number of hydrogen-bond donors (Lipinski definition) is 2. The highest BCUT2D eigenvalue weighted by atomic mass is 79.9. The summed E-state index contributed by atoms with van der Waals surface area (Å²) in [5, 5.41) is 3.25. The predicted octanol–water partition coefficient (Wildman–Crippen LogP) is 2.37. The first kappa shape index (κ1) is 12.6. The van der Waals surface area contributed by atoms with Gasteiger partial charge in [0.15, 0.2) is 0 Å². The number of rotatable bonds is 4. The third-order valence-corrected chi connectivity index (χ3v) is 3.83. The van der Waals surface area contributed by atoms with Crippen LogP contribution in [-0.4, -0.2) is 27.5 Å². The summed E-state index contributed by atoms with van der Waals surface area (Å²) in [4.78, 5) is 7.99. The average molecular weight is 291 g/mol. The van der Waals surface area contributed by atoms with Crippen molar-refractivity contribution in [2.24, 2.45) is 0 Å². The lowest BCUT2D eigenvalue weighted by Crippen LogP contribution is -2.26. The lowest BCUT2D eigenvalue weighted by Gasteiger charge is -2.22. The van der Waals surface area contributed by atoms with E-state index < -0.39 is 0 Å². The number of nitrogens with one attached hydrogen (secondary N) is 1. The van der Waals surface area contributed by atoms with Crippen LogP contribution in [0.15, 0.2) is 10.7 Å². The van der Waals surface area contributed by atoms with Gasteiger partial charge < -0.3 is 11.1 Å². The zero-order valence-corrected chi connectivity index (χ0v) is 11.4. The van der Waals surface area contributed by atoms with E-state index in [-0.39, 0.29) is 10.7 Å². The Labute approximate surface area is 103 Å². The molecule has 0 aliphatic heterocycles. The lowest BCUT2D eigenvalue weighted by molar-refractivity contribution is 0.749. The van der Waals surface area contributed by atoms with Gasteiger partial charge in [0, 0.05) is 17.5 Å². The molecule has 0 aromatic carbocycles. The van der Waals surface area contributed by atoms with Crippen LogP contribution in [0, 0.1) is 0 Å². The normalized spacial score (nSPS) is 11.5. The number of thioether (sulfide) groups is 1. The maximum atomic E-state index is 5.51. The molecule has 0 saturated carbocycles. The Morgan fingerprint density at radius 2 is 2.27 bits per heavy atom. The van der Waals surface area contributed by atoms with Gasteiger partial charge >= 0.3 is 0 Å². The van der Waals surface area contributed by atoms with Crippen LogP contribution in [0.2, 0.25) is 0 Å². The molecule has 0 radical (unpaired) electrons. The van der Waals surface area contributed by atoms with Crippen molar-refractivity contribution in [1.82, 2.24) is 9.97 Å². The molecular formula is C9H15BrN4S. The Bertz CT molecular complexity index is 343.